The lowest BCUT2D eigenvalue weighted by Crippen LogP contribution is -2.50. The van der Waals surface area contributed by atoms with E-state index < -0.39 is 43.3 Å². The number of aromatic hydroxyl groups is 1. The quantitative estimate of drug-likeness (QED) is 0.202. The molecule has 32 heavy (non-hydrogen) atoms. The maximum Gasteiger partial charge on any atom is 0.308 e. The molecule has 0 saturated heterocycles. The number of esters is 1. The minimum Gasteiger partial charge on any atom is -0.507 e. The number of ether oxygens (including phenoxy) is 1. The van der Waals surface area contributed by atoms with E-state index in [4.69, 9.17) is 9.84 Å². The highest BCUT2D eigenvalue weighted by molar-refractivity contribution is 5.70. The van der Waals surface area contributed by atoms with E-state index in [2.05, 4.69) is 0 Å². The van der Waals surface area contributed by atoms with Crippen LogP contribution in [0.3, 0.4) is 0 Å². The Hall–Kier alpha value is -1.75. The first-order valence-electron chi connectivity index (χ1n) is 10.6. The summed E-state index contributed by atoms with van der Waals surface area (Å²) in [4.78, 5) is 12.2. The van der Waals surface area contributed by atoms with Crippen LogP contribution in [0.4, 0.5) is 0 Å². The summed E-state index contributed by atoms with van der Waals surface area (Å²) in [6.07, 6.45) is -9.90. The number of benzene rings is 1. The molecule has 1 aromatic carbocycles. The molecule has 1 unspecified atom stereocenters. The van der Waals surface area contributed by atoms with E-state index >= 15 is 0 Å². The molecule has 5 atom stereocenters. The van der Waals surface area contributed by atoms with Gasteiger partial charge in [-0.25, -0.2) is 0 Å². The van der Waals surface area contributed by atoms with E-state index in [1.165, 1.54) is 0 Å². The zero-order valence-corrected chi connectivity index (χ0v) is 19.6. The first kappa shape index (κ1) is 28.3. The van der Waals surface area contributed by atoms with E-state index in [0.717, 1.165) is 16.7 Å². The fraction of sp³-hybridized carbons (Fsp3) is 0.696. The average molecular weight is 459 g/mol. The van der Waals surface area contributed by atoms with Gasteiger partial charge in [-0.15, -0.1) is 0 Å². The number of phenolic OH excluding ortho intramolecular Hbond substituents is 1. The molecule has 0 radical (unpaired) electrons. The van der Waals surface area contributed by atoms with Crippen LogP contribution in [-0.2, 0) is 26.8 Å². The van der Waals surface area contributed by atoms with Gasteiger partial charge in [-0.1, -0.05) is 53.7 Å². The lowest BCUT2D eigenvalue weighted by molar-refractivity contribution is -0.213. The number of rotatable bonds is 9. The van der Waals surface area contributed by atoms with Crippen molar-refractivity contribution < 1.29 is 45.3 Å². The van der Waals surface area contributed by atoms with Crippen LogP contribution >= 0.6 is 0 Å². The highest BCUT2D eigenvalue weighted by Crippen LogP contribution is 2.40. The van der Waals surface area contributed by atoms with Gasteiger partial charge in [0.05, 0.1) is 6.61 Å². The van der Waals surface area contributed by atoms with Gasteiger partial charge in [-0.3, -0.25) is 4.79 Å². The molecular weight excluding hydrogens is 420 g/mol. The molecule has 9 nitrogen and oxygen atoms in total. The van der Waals surface area contributed by atoms with Crippen LogP contribution in [0.5, 0.6) is 5.75 Å². The number of aliphatic hydroxyl groups excluding tert-OH is 6. The Bertz CT molecular complexity index is 729. The van der Waals surface area contributed by atoms with Gasteiger partial charge in [-0.05, 0) is 33.9 Å². The summed E-state index contributed by atoms with van der Waals surface area (Å²) in [5.74, 6) is -0.642. The number of phenols is 1. The summed E-state index contributed by atoms with van der Waals surface area (Å²) in [5, 5.41) is 68.0. The highest BCUT2D eigenvalue weighted by Gasteiger charge is 2.36. The summed E-state index contributed by atoms with van der Waals surface area (Å²) in [6, 6.07) is 3.64. The van der Waals surface area contributed by atoms with Gasteiger partial charge in [-0.2, -0.15) is 0 Å². The Morgan fingerprint density at radius 1 is 0.875 bits per heavy atom. The van der Waals surface area contributed by atoms with Crippen molar-refractivity contribution in [1.29, 1.82) is 0 Å². The molecule has 0 spiro atoms. The standard InChI is InChI=1S/C23H38O9/c1-22(2,3)13-9-12(10-14(17(13)27)23(4,5)6)7-8-16(26)32-21(31)20(30)19(29)18(28)15(25)11-24/h9-10,15,18-21,24-25,27-31H,7-8,11H2,1-6H3/t15-,18-,19+,20-,21?/m1/s1. The van der Waals surface area contributed by atoms with E-state index in [-0.39, 0.29) is 29.4 Å². The van der Waals surface area contributed by atoms with Crippen LogP contribution in [0.1, 0.15) is 64.7 Å². The monoisotopic (exact) mass is 458 g/mol. The Morgan fingerprint density at radius 3 is 1.75 bits per heavy atom. The van der Waals surface area contributed by atoms with Crippen LogP contribution in [-0.4, -0.2) is 79.0 Å². The molecule has 0 fully saturated rings. The average Bonchev–Trinajstić information content (AvgIpc) is 2.68. The van der Waals surface area contributed by atoms with Crippen molar-refractivity contribution in [2.75, 3.05) is 6.61 Å². The van der Waals surface area contributed by atoms with Gasteiger partial charge in [0.25, 0.3) is 0 Å². The maximum absolute atomic E-state index is 12.2. The summed E-state index contributed by atoms with van der Waals surface area (Å²) >= 11 is 0. The van der Waals surface area contributed by atoms with E-state index in [1.807, 2.05) is 53.7 Å². The zero-order valence-electron chi connectivity index (χ0n) is 19.6. The fourth-order valence-corrected chi connectivity index (χ4v) is 3.20. The lowest BCUT2D eigenvalue weighted by Gasteiger charge is -2.28. The molecule has 0 aliphatic carbocycles. The van der Waals surface area contributed by atoms with Gasteiger partial charge >= 0.3 is 5.97 Å². The maximum atomic E-state index is 12.2. The van der Waals surface area contributed by atoms with E-state index in [9.17, 15) is 35.4 Å². The molecule has 9 heteroatoms. The third kappa shape index (κ3) is 7.40. The van der Waals surface area contributed by atoms with E-state index in [0.29, 0.717) is 0 Å². The number of carbonyl (C=O) groups excluding carboxylic acids is 1. The van der Waals surface area contributed by atoms with Gasteiger partial charge in [0.1, 0.15) is 30.2 Å². The minimum absolute atomic E-state index is 0.153. The summed E-state index contributed by atoms with van der Waals surface area (Å²) < 4.78 is 4.74. The van der Waals surface area contributed by atoms with Crippen LogP contribution in [0, 0.1) is 0 Å². The van der Waals surface area contributed by atoms with Crippen LogP contribution in [0.25, 0.3) is 0 Å². The molecule has 0 heterocycles. The number of carbonyl (C=O) groups is 1. The van der Waals surface area contributed by atoms with Crippen LogP contribution in [0.2, 0.25) is 0 Å². The number of aryl methyl sites for hydroxylation is 1. The molecular formula is C23H38O9. The smallest absolute Gasteiger partial charge is 0.308 e. The topological polar surface area (TPSA) is 168 Å². The van der Waals surface area contributed by atoms with Crippen molar-refractivity contribution in [3.8, 4) is 5.75 Å². The predicted octanol–water partition coefficient (Wildman–Crippen LogP) is 0.217. The summed E-state index contributed by atoms with van der Waals surface area (Å²) in [6.45, 7) is 10.9. The SMILES string of the molecule is CC(C)(C)c1cc(CCC(=O)OC(O)[C@H](O)[C@@H](O)[C@H](O)[C@H](O)CO)cc(C(C)(C)C)c1O. The largest absolute Gasteiger partial charge is 0.507 e. The second-order valence-electron chi connectivity index (χ2n) is 10.1. The second kappa shape index (κ2) is 10.9. The Kier molecular flexibility index (Phi) is 9.65. The van der Waals surface area contributed by atoms with Crippen molar-refractivity contribution in [3.63, 3.8) is 0 Å². The minimum atomic E-state index is -2.15. The van der Waals surface area contributed by atoms with Gasteiger partial charge in [0.2, 0.25) is 6.29 Å². The van der Waals surface area contributed by atoms with Gasteiger partial charge < -0.3 is 40.5 Å². The Labute approximate surface area is 188 Å². The zero-order chi connectivity index (χ0) is 25.0. The molecule has 0 bridgehead atoms. The van der Waals surface area contributed by atoms with Crippen molar-refractivity contribution >= 4 is 5.97 Å². The predicted molar refractivity (Wildman–Crippen MR) is 117 cm³/mol. The van der Waals surface area contributed by atoms with E-state index in [1.54, 1.807) is 0 Å². The highest BCUT2D eigenvalue weighted by atomic mass is 16.6. The number of hydrogen-bond acceptors (Lipinski definition) is 9. The van der Waals surface area contributed by atoms with Crippen LogP contribution in [0.15, 0.2) is 12.1 Å². The van der Waals surface area contributed by atoms with Crippen molar-refractivity contribution in [2.24, 2.45) is 0 Å². The molecule has 1 aromatic rings. The van der Waals surface area contributed by atoms with Crippen molar-refractivity contribution in [1.82, 2.24) is 0 Å². The van der Waals surface area contributed by atoms with Gasteiger partial charge in [0, 0.05) is 6.42 Å². The molecule has 0 saturated carbocycles. The van der Waals surface area contributed by atoms with Crippen molar-refractivity contribution in [3.05, 3.63) is 28.8 Å². The molecule has 0 amide bonds. The van der Waals surface area contributed by atoms with Gasteiger partial charge in [0.15, 0.2) is 0 Å². The number of hydrogen-bond donors (Lipinski definition) is 7. The first-order valence-corrected chi connectivity index (χ1v) is 10.6. The second-order valence-corrected chi connectivity index (χ2v) is 10.1. The molecule has 0 aromatic heterocycles. The summed E-state index contributed by atoms with van der Waals surface area (Å²) in [5.41, 5.74) is 1.59. The fourth-order valence-electron chi connectivity index (χ4n) is 3.20. The Morgan fingerprint density at radius 2 is 1.34 bits per heavy atom. The van der Waals surface area contributed by atoms with Crippen molar-refractivity contribution in [2.45, 2.75) is 95.9 Å². The molecule has 184 valence electrons. The molecule has 0 aliphatic heterocycles. The summed E-state index contributed by atoms with van der Waals surface area (Å²) in [7, 11) is 0. The Balaban J connectivity index is 2.90. The number of aliphatic hydroxyl groups is 6. The third-order valence-electron chi connectivity index (χ3n) is 5.23. The lowest BCUT2D eigenvalue weighted by atomic mass is 9.78. The molecule has 0 aliphatic rings. The molecule has 1 rings (SSSR count). The molecule has 7 N–H and O–H groups in total. The first-order chi connectivity index (χ1) is 14.5. The van der Waals surface area contributed by atoms with Crippen LogP contribution < -0.4 is 0 Å². The third-order valence-corrected chi connectivity index (χ3v) is 5.23. The normalized spacial score (nSPS) is 17.4.